The summed E-state index contributed by atoms with van der Waals surface area (Å²) in [6, 6.07) is 9.05. The monoisotopic (exact) mass is 375 g/mol. The third-order valence-electron chi connectivity index (χ3n) is 4.44. The second-order valence-electron chi connectivity index (χ2n) is 5.95. The molecule has 2 aromatic heterocycles. The van der Waals surface area contributed by atoms with Gasteiger partial charge in [0.1, 0.15) is 10.6 Å². The van der Waals surface area contributed by atoms with Crippen molar-refractivity contribution < 1.29 is 8.42 Å². The van der Waals surface area contributed by atoms with Crippen LogP contribution < -0.4 is 10.3 Å². The van der Waals surface area contributed by atoms with E-state index in [2.05, 4.69) is 9.82 Å². The Morgan fingerprint density at radius 1 is 1.12 bits per heavy atom. The number of aromatic nitrogens is 4. The van der Waals surface area contributed by atoms with Crippen LogP contribution in [0.15, 0.2) is 46.2 Å². The van der Waals surface area contributed by atoms with Crippen molar-refractivity contribution in [1.29, 1.82) is 0 Å². The van der Waals surface area contributed by atoms with E-state index in [1.54, 1.807) is 42.4 Å². The molecule has 0 aliphatic carbocycles. The number of hydrogen-bond acceptors (Lipinski definition) is 4. The lowest BCUT2D eigenvalue weighted by Crippen LogP contribution is -2.23. The molecular weight excluding hydrogens is 354 g/mol. The van der Waals surface area contributed by atoms with E-state index in [0.717, 1.165) is 0 Å². The molecule has 0 saturated carbocycles. The Balaban J connectivity index is 2.09. The lowest BCUT2D eigenvalue weighted by molar-refractivity contribution is 0.598. The highest BCUT2D eigenvalue weighted by molar-refractivity contribution is 7.92. The number of sulfonamides is 1. The average Bonchev–Trinajstić information content (AvgIpc) is 3.09. The van der Waals surface area contributed by atoms with Crippen LogP contribution in [0.2, 0.25) is 0 Å². The Morgan fingerprint density at radius 2 is 1.77 bits per heavy atom. The van der Waals surface area contributed by atoms with Crippen LogP contribution >= 0.6 is 0 Å². The van der Waals surface area contributed by atoms with Gasteiger partial charge in [-0.15, -0.1) is 0 Å². The second-order valence-corrected chi connectivity index (χ2v) is 7.60. The topological polar surface area (TPSA) is 90.9 Å². The molecule has 9 heteroatoms. The summed E-state index contributed by atoms with van der Waals surface area (Å²) in [4.78, 5) is 12.9. The predicted molar refractivity (Wildman–Crippen MR) is 99.2 cm³/mol. The maximum atomic E-state index is 12.9. The van der Waals surface area contributed by atoms with Gasteiger partial charge in [-0.2, -0.15) is 5.10 Å². The number of benzene rings is 1. The molecule has 3 rings (SSSR count). The van der Waals surface area contributed by atoms with E-state index >= 15 is 0 Å². The first kappa shape index (κ1) is 18.0. The highest BCUT2D eigenvalue weighted by Gasteiger charge is 2.25. The molecule has 0 aliphatic heterocycles. The van der Waals surface area contributed by atoms with Crippen LogP contribution in [0.4, 0.5) is 5.69 Å². The fourth-order valence-electron chi connectivity index (χ4n) is 2.89. The number of nitrogens with zero attached hydrogens (tertiary/aromatic N) is 4. The summed E-state index contributed by atoms with van der Waals surface area (Å²) in [5.74, 6) is 0. The molecule has 0 saturated heterocycles. The van der Waals surface area contributed by atoms with E-state index in [1.165, 1.54) is 10.9 Å². The largest absolute Gasteiger partial charge is 0.296 e. The zero-order chi connectivity index (χ0) is 19.1. The van der Waals surface area contributed by atoms with E-state index in [9.17, 15) is 13.2 Å². The van der Waals surface area contributed by atoms with Crippen LogP contribution in [0.5, 0.6) is 0 Å². The first-order valence-electron chi connectivity index (χ1n) is 8.17. The Labute approximate surface area is 151 Å². The van der Waals surface area contributed by atoms with Gasteiger partial charge in [0.2, 0.25) is 0 Å². The summed E-state index contributed by atoms with van der Waals surface area (Å²) in [7, 11) is -2.21. The van der Waals surface area contributed by atoms with Crippen molar-refractivity contribution in [2.75, 3.05) is 4.72 Å². The van der Waals surface area contributed by atoms with E-state index in [1.807, 2.05) is 25.1 Å². The minimum atomic E-state index is -3.92. The number of aryl methyl sites for hydroxylation is 1. The zero-order valence-electron chi connectivity index (χ0n) is 15.1. The molecule has 0 radical (unpaired) electrons. The Kier molecular flexibility index (Phi) is 4.49. The normalized spacial score (nSPS) is 11.7. The van der Waals surface area contributed by atoms with Crippen molar-refractivity contribution in [1.82, 2.24) is 19.1 Å². The van der Waals surface area contributed by atoms with Gasteiger partial charge in [0.25, 0.3) is 15.6 Å². The van der Waals surface area contributed by atoms with Gasteiger partial charge in [0, 0.05) is 13.6 Å². The highest BCUT2D eigenvalue weighted by atomic mass is 32.2. The summed E-state index contributed by atoms with van der Waals surface area (Å²) in [6.45, 7) is 5.82. The molecule has 2 heterocycles. The van der Waals surface area contributed by atoms with Crippen molar-refractivity contribution in [2.24, 2.45) is 7.05 Å². The molecule has 0 atom stereocenters. The smallest absolute Gasteiger partial charge is 0.283 e. The Morgan fingerprint density at radius 3 is 2.35 bits per heavy atom. The molecule has 0 spiro atoms. The number of rotatable bonds is 5. The lowest BCUT2D eigenvalue weighted by Gasteiger charge is -2.07. The third-order valence-corrected chi connectivity index (χ3v) is 5.89. The molecule has 0 unspecified atom stereocenters. The Hall–Kier alpha value is -2.81. The summed E-state index contributed by atoms with van der Waals surface area (Å²) >= 11 is 0. The van der Waals surface area contributed by atoms with Crippen molar-refractivity contribution in [3.63, 3.8) is 0 Å². The molecule has 26 heavy (non-hydrogen) atoms. The maximum absolute atomic E-state index is 12.9. The third kappa shape index (κ3) is 2.84. The molecule has 0 fully saturated rings. The fourth-order valence-corrected chi connectivity index (χ4v) is 4.18. The van der Waals surface area contributed by atoms with Crippen LogP contribution in [0.25, 0.3) is 5.69 Å². The first-order chi connectivity index (χ1) is 12.3. The minimum absolute atomic E-state index is 0.0278. The van der Waals surface area contributed by atoms with Crippen LogP contribution in [0.3, 0.4) is 0 Å². The first-order valence-corrected chi connectivity index (χ1v) is 9.65. The minimum Gasteiger partial charge on any atom is -0.283 e. The second kappa shape index (κ2) is 6.49. The van der Waals surface area contributed by atoms with Crippen molar-refractivity contribution >= 4 is 15.7 Å². The quantitative estimate of drug-likeness (QED) is 0.736. The van der Waals surface area contributed by atoms with Gasteiger partial charge in [-0.3, -0.25) is 18.9 Å². The van der Waals surface area contributed by atoms with Crippen LogP contribution in [0.1, 0.15) is 18.3 Å². The van der Waals surface area contributed by atoms with Gasteiger partial charge in [0.15, 0.2) is 0 Å². The number of anilines is 1. The zero-order valence-corrected chi connectivity index (χ0v) is 15.9. The summed E-state index contributed by atoms with van der Waals surface area (Å²) in [6.07, 6.45) is 1.30. The van der Waals surface area contributed by atoms with Gasteiger partial charge in [-0.05, 0) is 32.9 Å². The fraction of sp³-hybridized carbons (Fsp3) is 0.294. The van der Waals surface area contributed by atoms with E-state index < -0.39 is 15.6 Å². The molecule has 3 aromatic rings. The molecule has 0 aliphatic rings. The van der Waals surface area contributed by atoms with E-state index in [4.69, 9.17) is 0 Å². The highest BCUT2D eigenvalue weighted by Crippen LogP contribution is 2.20. The maximum Gasteiger partial charge on any atom is 0.296 e. The van der Waals surface area contributed by atoms with Gasteiger partial charge < -0.3 is 0 Å². The van der Waals surface area contributed by atoms with Crippen LogP contribution in [0, 0.1) is 13.8 Å². The van der Waals surface area contributed by atoms with E-state index in [0.29, 0.717) is 23.6 Å². The summed E-state index contributed by atoms with van der Waals surface area (Å²) in [5, 5.41) is 4.07. The van der Waals surface area contributed by atoms with Crippen LogP contribution in [-0.2, 0) is 23.6 Å². The predicted octanol–water partition coefficient (Wildman–Crippen LogP) is 1.81. The average molecular weight is 375 g/mol. The molecule has 8 nitrogen and oxygen atoms in total. The van der Waals surface area contributed by atoms with E-state index in [-0.39, 0.29) is 10.6 Å². The molecular formula is C17H21N5O3S. The van der Waals surface area contributed by atoms with Gasteiger partial charge in [-0.25, -0.2) is 13.1 Å². The van der Waals surface area contributed by atoms with Gasteiger partial charge in [0.05, 0.1) is 23.3 Å². The van der Waals surface area contributed by atoms with Crippen LogP contribution in [-0.4, -0.2) is 27.6 Å². The van der Waals surface area contributed by atoms with Gasteiger partial charge in [-0.1, -0.05) is 18.2 Å². The van der Waals surface area contributed by atoms with Crippen molar-refractivity contribution in [2.45, 2.75) is 32.2 Å². The van der Waals surface area contributed by atoms with Crippen molar-refractivity contribution in [3.05, 3.63) is 58.3 Å². The van der Waals surface area contributed by atoms with Gasteiger partial charge >= 0.3 is 0 Å². The lowest BCUT2D eigenvalue weighted by atomic mass is 10.3. The standard InChI is InChI=1S/C17H21N5O3S/c1-5-21-12(2)15(11-18-21)26(24,25)19-16-13(3)20(4)22(17(16)23)14-9-7-6-8-10-14/h6-11,19H,5H2,1-4H3. The summed E-state index contributed by atoms with van der Waals surface area (Å²) in [5.41, 5.74) is 1.30. The molecule has 0 bridgehead atoms. The number of nitrogens with one attached hydrogen (secondary N) is 1. The number of para-hydroxylation sites is 1. The number of hydrogen-bond donors (Lipinski definition) is 1. The Bertz CT molecular complexity index is 1110. The molecule has 138 valence electrons. The molecule has 1 N–H and O–H groups in total. The molecule has 0 amide bonds. The summed E-state index contributed by atoms with van der Waals surface area (Å²) < 4.78 is 32.7. The van der Waals surface area contributed by atoms with Crippen molar-refractivity contribution in [3.8, 4) is 5.69 Å². The SMILES string of the molecule is CCn1ncc(S(=O)(=O)Nc2c(C)n(C)n(-c3ccccc3)c2=O)c1C. The molecule has 1 aromatic carbocycles.